The third kappa shape index (κ3) is 4.22. The zero-order valence-electron chi connectivity index (χ0n) is 12.7. The first kappa shape index (κ1) is 16.3. The Morgan fingerprint density at radius 1 is 1.45 bits per heavy atom. The van der Waals surface area contributed by atoms with Crippen molar-refractivity contribution in [2.75, 3.05) is 6.61 Å². The second-order valence-corrected chi connectivity index (χ2v) is 5.69. The largest absolute Gasteiger partial charge is 0.365 e. The minimum atomic E-state index is -0.514. The third-order valence-corrected chi connectivity index (χ3v) is 4.09. The lowest BCUT2D eigenvalue weighted by atomic mass is 10.2. The molecule has 0 bridgehead atoms. The maximum atomic E-state index is 12.0. The Balaban J connectivity index is 1.99. The van der Waals surface area contributed by atoms with E-state index in [2.05, 4.69) is 21.9 Å². The fraction of sp³-hybridized carbons (Fsp3) is 0.312. The number of nitrogens with zero attached hydrogens (tertiary/aromatic N) is 2. The number of pyridine rings is 1. The van der Waals surface area contributed by atoms with Gasteiger partial charge in [0.15, 0.2) is 0 Å². The molecule has 0 radical (unpaired) electrons. The summed E-state index contributed by atoms with van der Waals surface area (Å²) in [7, 11) is 0. The van der Waals surface area contributed by atoms with Gasteiger partial charge in [0.05, 0.1) is 18.3 Å². The number of amides is 1. The van der Waals surface area contributed by atoms with Crippen LogP contribution in [0.3, 0.4) is 0 Å². The molecule has 2 heterocycles. The number of aromatic nitrogens is 2. The van der Waals surface area contributed by atoms with E-state index < -0.39 is 6.10 Å². The highest BCUT2D eigenvalue weighted by Gasteiger charge is 2.18. The molecule has 2 rings (SSSR count). The van der Waals surface area contributed by atoms with Gasteiger partial charge in [0.2, 0.25) is 5.91 Å². The van der Waals surface area contributed by atoms with Crippen LogP contribution in [-0.4, -0.2) is 28.6 Å². The average molecular weight is 317 g/mol. The molecule has 0 aliphatic carbocycles. The summed E-state index contributed by atoms with van der Waals surface area (Å²) >= 11 is 1.52. The topological polar surface area (TPSA) is 64.1 Å². The molecule has 2 atom stereocenters. The maximum absolute atomic E-state index is 12.0. The summed E-state index contributed by atoms with van der Waals surface area (Å²) in [5.74, 6) is -0.157. The highest BCUT2D eigenvalue weighted by atomic mass is 32.1. The molecule has 5 nitrogen and oxygen atoms in total. The van der Waals surface area contributed by atoms with E-state index in [9.17, 15) is 4.79 Å². The van der Waals surface area contributed by atoms with E-state index in [0.717, 1.165) is 16.3 Å². The van der Waals surface area contributed by atoms with Crippen LogP contribution in [0.25, 0.3) is 11.3 Å². The summed E-state index contributed by atoms with van der Waals surface area (Å²) in [6.45, 7) is 7.54. The molecular weight excluding hydrogens is 298 g/mol. The van der Waals surface area contributed by atoms with Gasteiger partial charge in [-0.2, -0.15) is 0 Å². The summed E-state index contributed by atoms with van der Waals surface area (Å²) in [6, 6.07) is 3.66. The molecule has 0 aliphatic rings. The number of hydrogen-bond donors (Lipinski definition) is 1. The number of thiazole rings is 1. The van der Waals surface area contributed by atoms with Gasteiger partial charge in [-0.3, -0.25) is 9.78 Å². The van der Waals surface area contributed by atoms with E-state index in [1.54, 1.807) is 25.4 Å². The molecule has 0 aliphatic heterocycles. The number of hydrogen-bond acceptors (Lipinski definition) is 5. The zero-order chi connectivity index (χ0) is 15.9. The zero-order valence-corrected chi connectivity index (χ0v) is 13.5. The van der Waals surface area contributed by atoms with Crippen molar-refractivity contribution in [3.05, 3.63) is 47.6 Å². The molecule has 0 saturated heterocycles. The first-order chi connectivity index (χ1) is 10.6. The normalized spacial score (nSPS) is 13.4. The molecule has 0 fully saturated rings. The molecule has 0 saturated carbocycles. The molecule has 2 aromatic rings. The average Bonchev–Trinajstić information content (AvgIpc) is 3.03. The van der Waals surface area contributed by atoms with E-state index in [1.165, 1.54) is 11.3 Å². The van der Waals surface area contributed by atoms with E-state index in [4.69, 9.17) is 4.74 Å². The van der Waals surface area contributed by atoms with Crippen LogP contribution in [0.1, 0.15) is 24.9 Å². The van der Waals surface area contributed by atoms with Crippen LogP contribution in [0.15, 0.2) is 42.6 Å². The van der Waals surface area contributed by atoms with Gasteiger partial charge >= 0.3 is 0 Å². The lowest BCUT2D eigenvalue weighted by Crippen LogP contribution is -2.36. The van der Waals surface area contributed by atoms with Gasteiger partial charge in [-0.05, 0) is 26.0 Å². The lowest BCUT2D eigenvalue weighted by Gasteiger charge is -2.15. The van der Waals surface area contributed by atoms with Crippen LogP contribution in [0.5, 0.6) is 0 Å². The van der Waals surface area contributed by atoms with Crippen molar-refractivity contribution in [1.82, 2.24) is 15.3 Å². The summed E-state index contributed by atoms with van der Waals surface area (Å²) in [4.78, 5) is 20.6. The molecule has 0 spiro atoms. The molecule has 0 unspecified atom stereocenters. The maximum Gasteiger partial charge on any atom is 0.249 e. The number of carbonyl (C=O) groups excluding carboxylic acids is 1. The fourth-order valence-corrected chi connectivity index (χ4v) is 2.66. The monoisotopic (exact) mass is 317 g/mol. The van der Waals surface area contributed by atoms with E-state index in [0.29, 0.717) is 6.61 Å². The van der Waals surface area contributed by atoms with Gasteiger partial charge in [-0.25, -0.2) is 4.98 Å². The van der Waals surface area contributed by atoms with Crippen LogP contribution in [0.4, 0.5) is 0 Å². The summed E-state index contributed by atoms with van der Waals surface area (Å²) in [5, 5.41) is 5.74. The molecule has 1 N–H and O–H groups in total. The molecule has 2 aromatic heterocycles. The van der Waals surface area contributed by atoms with Crippen molar-refractivity contribution >= 4 is 17.2 Å². The van der Waals surface area contributed by atoms with Crippen molar-refractivity contribution < 1.29 is 9.53 Å². The Morgan fingerprint density at radius 2 is 2.18 bits per heavy atom. The predicted octanol–water partition coefficient (Wildman–Crippen LogP) is 2.97. The van der Waals surface area contributed by atoms with Gasteiger partial charge in [0, 0.05) is 23.3 Å². The van der Waals surface area contributed by atoms with Crippen LogP contribution in [-0.2, 0) is 9.53 Å². The minimum Gasteiger partial charge on any atom is -0.365 e. The highest BCUT2D eigenvalue weighted by molar-refractivity contribution is 7.10. The van der Waals surface area contributed by atoms with Gasteiger partial charge in [-0.1, -0.05) is 6.08 Å². The number of rotatable bonds is 7. The minimum absolute atomic E-state index is 0.157. The number of nitrogens with one attached hydrogen (secondary N) is 1. The highest BCUT2D eigenvalue weighted by Crippen LogP contribution is 2.24. The van der Waals surface area contributed by atoms with Gasteiger partial charge in [0.25, 0.3) is 0 Å². The first-order valence-electron chi connectivity index (χ1n) is 7.00. The number of ether oxygens (including phenoxy) is 1. The fourth-order valence-electron chi connectivity index (χ4n) is 1.82. The Labute approximate surface area is 134 Å². The Hall–Kier alpha value is -2.05. The second-order valence-electron chi connectivity index (χ2n) is 4.80. The van der Waals surface area contributed by atoms with Crippen molar-refractivity contribution in [3.8, 4) is 11.3 Å². The first-order valence-corrected chi connectivity index (χ1v) is 7.88. The van der Waals surface area contributed by atoms with Gasteiger partial charge < -0.3 is 10.1 Å². The van der Waals surface area contributed by atoms with Crippen LogP contribution < -0.4 is 5.32 Å². The molecule has 1 amide bonds. The second kappa shape index (κ2) is 7.82. The van der Waals surface area contributed by atoms with Crippen molar-refractivity contribution in [1.29, 1.82) is 0 Å². The predicted molar refractivity (Wildman–Crippen MR) is 87.5 cm³/mol. The van der Waals surface area contributed by atoms with E-state index >= 15 is 0 Å². The van der Waals surface area contributed by atoms with Crippen molar-refractivity contribution in [3.63, 3.8) is 0 Å². The van der Waals surface area contributed by atoms with Crippen molar-refractivity contribution in [2.45, 2.75) is 26.0 Å². The lowest BCUT2D eigenvalue weighted by molar-refractivity contribution is -0.131. The molecule has 22 heavy (non-hydrogen) atoms. The standard InChI is InChI=1S/C16H19N3O2S/c1-4-9-21-12(3)15(20)18-11(2)16-19-14(10-22-16)13-5-7-17-8-6-13/h4-8,10-12H,1,9H2,2-3H3,(H,18,20)/t11-,12-/m1/s1. The molecule has 0 aromatic carbocycles. The van der Waals surface area contributed by atoms with Gasteiger partial charge in [-0.15, -0.1) is 17.9 Å². The summed E-state index contributed by atoms with van der Waals surface area (Å²) in [5.41, 5.74) is 1.90. The van der Waals surface area contributed by atoms with Crippen LogP contribution in [0.2, 0.25) is 0 Å². The summed E-state index contributed by atoms with van der Waals surface area (Å²) in [6.07, 6.45) is 4.57. The smallest absolute Gasteiger partial charge is 0.249 e. The molecule has 6 heteroatoms. The van der Waals surface area contributed by atoms with Crippen molar-refractivity contribution in [2.24, 2.45) is 0 Å². The number of carbonyl (C=O) groups is 1. The third-order valence-electron chi connectivity index (χ3n) is 3.06. The summed E-state index contributed by atoms with van der Waals surface area (Å²) < 4.78 is 5.31. The van der Waals surface area contributed by atoms with Crippen LogP contribution >= 0.6 is 11.3 Å². The SMILES string of the molecule is C=CCO[C@H](C)C(=O)N[C@H](C)c1nc(-c2ccncc2)cs1. The van der Waals surface area contributed by atoms with Crippen LogP contribution in [0, 0.1) is 0 Å². The molecular formula is C16H19N3O2S. The Bertz CT molecular complexity index is 627. The van der Waals surface area contributed by atoms with Gasteiger partial charge in [0.1, 0.15) is 11.1 Å². The van der Waals surface area contributed by atoms with E-state index in [1.807, 2.05) is 24.4 Å². The quantitative estimate of drug-likeness (QED) is 0.797. The Kier molecular flexibility index (Phi) is 5.80. The molecule has 116 valence electrons. The van der Waals surface area contributed by atoms with E-state index in [-0.39, 0.29) is 11.9 Å². The Morgan fingerprint density at radius 3 is 2.86 bits per heavy atom.